The van der Waals surface area contributed by atoms with Crippen LogP contribution in [0.3, 0.4) is 0 Å². The predicted octanol–water partition coefficient (Wildman–Crippen LogP) is 2.63. The molecular weight excluding hydrogens is 204 g/mol. The molecule has 1 N–H and O–H groups in total. The second kappa shape index (κ2) is 6.90. The van der Waals surface area contributed by atoms with Gasteiger partial charge in [0, 0.05) is 6.08 Å². The van der Waals surface area contributed by atoms with Crippen LogP contribution in [-0.2, 0) is 9.47 Å². The van der Waals surface area contributed by atoms with Gasteiger partial charge in [-0.2, -0.15) is 0 Å². The van der Waals surface area contributed by atoms with Crippen LogP contribution in [0.1, 0.15) is 25.5 Å². The van der Waals surface area contributed by atoms with Crippen molar-refractivity contribution >= 4 is 0 Å². The summed E-state index contributed by atoms with van der Waals surface area (Å²) in [7, 11) is 0. The molecular formula is C13H18O3. The molecule has 0 saturated heterocycles. The second-order valence-corrected chi connectivity index (χ2v) is 3.21. The summed E-state index contributed by atoms with van der Waals surface area (Å²) in [6.07, 6.45) is 0.872. The lowest BCUT2D eigenvalue weighted by atomic mass is 10.1. The van der Waals surface area contributed by atoms with Gasteiger partial charge in [-0.15, -0.1) is 0 Å². The van der Waals surface area contributed by atoms with Crippen molar-refractivity contribution in [1.29, 1.82) is 0 Å². The van der Waals surface area contributed by atoms with Crippen molar-refractivity contribution in [3.05, 3.63) is 47.9 Å². The highest BCUT2D eigenvalue weighted by Gasteiger charge is 2.07. The van der Waals surface area contributed by atoms with Crippen LogP contribution in [0, 0.1) is 0 Å². The summed E-state index contributed by atoms with van der Waals surface area (Å²) in [5, 5.41) is 9.91. The number of benzene rings is 1. The lowest BCUT2D eigenvalue weighted by Crippen LogP contribution is -2.01. The Balaban J connectivity index is 2.72. The fraction of sp³-hybridized carbons (Fsp3) is 0.385. The monoisotopic (exact) mass is 222 g/mol. The van der Waals surface area contributed by atoms with Gasteiger partial charge < -0.3 is 14.6 Å². The molecule has 1 rings (SSSR count). The normalized spacial score (nSPS) is 11.7. The molecule has 0 fully saturated rings. The van der Waals surface area contributed by atoms with E-state index in [-0.39, 0.29) is 0 Å². The van der Waals surface area contributed by atoms with Crippen molar-refractivity contribution in [2.24, 2.45) is 0 Å². The minimum Gasteiger partial charge on any atom is -0.466 e. The molecule has 0 radical (unpaired) electrons. The first-order valence-corrected chi connectivity index (χ1v) is 5.48. The molecule has 0 amide bonds. The van der Waals surface area contributed by atoms with Gasteiger partial charge in [0.2, 0.25) is 0 Å². The molecule has 0 heterocycles. The molecule has 16 heavy (non-hydrogen) atoms. The average Bonchev–Trinajstić information content (AvgIpc) is 2.31. The van der Waals surface area contributed by atoms with Gasteiger partial charge in [-0.1, -0.05) is 30.3 Å². The Labute approximate surface area is 96.3 Å². The number of hydrogen-bond donors (Lipinski definition) is 1. The fourth-order valence-corrected chi connectivity index (χ4v) is 1.30. The van der Waals surface area contributed by atoms with E-state index in [0.29, 0.717) is 19.2 Å². The standard InChI is InChI=1S/C13H18O3/c1-3-15-13(16-4-2)10-12(14)11-8-6-5-7-9-11/h5-10,12,14H,3-4H2,1-2H3. The number of rotatable bonds is 6. The zero-order valence-corrected chi connectivity index (χ0v) is 9.72. The first-order chi connectivity index (χ1) is 7.77. The van der Waals surface area contributed by atoms with Gasteiger partial charge in [-0.3, -0.25) is 0 Å². The van der Waals surface area contributed by atoms with E-state index in [4.69, 9.17) is 9.47 Å². The van der Waals surface area contributed by atoms with Gasteiger partial charge in [0.25, 0.3) is 5.95 Å². The zero-order valence-electron chi connectivity index (χ0n) is 9.72. The second-order valence-electron chi connectivity index (χ2n) is 3.21. The van der Waals surface area contributed by atoms with Crippen molar-refractivity contribution in [2.75, 3.05) is 13.2 Å². The summed E-state index contributed by atoms with van der Waals surface area (Å²) in [5.74, 6) is 0.376. The number of hydrogen-bond acceptors (Lipinski definition) is 3. The van der Waals surface area contributed by atoms with Crippen molar-refractivity contribution < 1.29 is 14.6 Å². The summed E-state index contributed by atoms with van der Waals surface area (Å²) in [6, 6.07) is 9.39. The SMILES string of the molecule is CCOC(=CC(O)c1ccccc1)OCC. The maximum Gasteiger partial charge on any atom is 0.277 e. The van der Waals surface area contributed by atoms with Crippen LogP contribution in [0.25, 0.3) is 0 Å². The van der Waals surface area contributed by atoms with E-state index in [1.54, 1.807) is 6.08 Å². The van der Waals surface area contributed by atoms with Crippen molar-refractivity contribution in [1.82, 2.24) is 0 Å². The minimum absolute atomic E-state index is 0.376. The maximum atomic E-state index is 9.91. The van der Waals surface area contributed by atoms with Gasteiger partial charge >= 0.3 is 0 Å². The zero-order chi connectivity index (χ0) is 11.8. The number of aliphatic hydroxyl groups excluding tert-OH is 1. The third-order valence-corrected chi connectivity index (χ3v) is 2.01. The van der Waals surface area contributed by atoms with Gasteiger partial charge in [0.05, 0.1) is 13.2 Å². The smallest absolute Gasteiger partial charge is 0.277 e. The molecule has 0 aliphatic rings. The Morgan fingerprint density at radius 2 is 1.75 bits per heavy atom. The van der Waals surface area contributed by atoms with E-state index >= 15 is 0 Å². The van der Waals surface area contributed by atoms with Crippen molar-refractivity contribution in [2.45, 2.75) is 20.0 Å². The molecule has 3 nitrogen and oxygen atoms in total. The highest BCUT2D eigenvalue weighted by molar-refractivity contribution is 5.21. The van der Waals surface area contributed by atoms with Gasteiger partial charge in [0.15, 0.2) is 0 Å². The molecule has 0 aliphatic carbocycles. The molecule has 1 aromatic carbocycles. The quantitative estimate of drug-likeness (QED) is 0.752. The van der Waals surface area contributed by atoms with Gasteiger partial charge in [-0.25, -0.2) is 0 Å². The molecule has 1 atom stereocenters. The Bertz CT molecular complexity index is 311. The third-order valence-electron chi connectivity index (χ3n) is 2.01. The Kier molecular flexibility index (Phi) is 5.43. The topological polar surface area (TPSA) is 38.7 Å². The average molecular weight is 222 g/mol. The van der Waals surface area contributed by atoms with Crippen molar-refractivity contribution in [3.63, 3.8) is 0 Å². The molecule has 1 aromatic rings. The molecule has 0 spiro atoms. The first kappa shape index (κ1) is 12.6. The van der Waals surface area contributed by atoms with Crippen LogP contribution in [0.2, 0.25) is 0 Å². The Morgan fingerprint density at radius 1 is 1.19 bits per heavy atom. The highest BCUT2D eigenvalue weighted by Crippen LogP contribution is 2.16. The molecule has 0 bridgehead atoms. The van der Waals surface area contributed by atoms with E-state index in [1.165, 1.54) is 0 Å². The molecule has 0 aromatic heterocycles. The van der Waals surface area contributed by atoms with Gasteiger partial charge in [0.1, 0.15) is 6.10 Å². The van der Waals surface area contributed by atoms with Crippen LogP contribution >= 0.6 is 0 Å². The van der Waals surface area contributed by atoms with Crippen LogP contribution in [0.15, 0.2) is 42.4 Å². The highest BCUT2D eigenvalue weighted by atomic mass is 16.7. The van der Waals surface area contributed by atoms with Crippen molar-refractivity contribution in [3.8, 4) is 0 Å². The third kappa shape index (κ3) is 3.95. The lowest BCUT2D eigenvalue weighted by molar-refractivity contribution is 0.0404. The lowest BCUT2D eigenvalue weighted by Gasteiger charge is -2.11. The molecule has 0 aliphatic heterocycles. The van der Waals surface area contributed by atoms with E-state index in [1.807, 2.05) is 44.2 Å². The molecule has 88 valence electrons. The Morgan fingerprint density at radius 3 is 2.25 bits per heavy atom. The van der Waals surface area contributed by atoms with Crippen LogP contribution in [-0.4, -0.2) is 18.3 Å². The summed E-state index contributed by atoms with van der Waals surface area (Å²) >= 11 is 0. The summed E-state index contributed by atoms with van der Waals surface area (Å²) in [6.45, 7) is 4.80. The summed E-state index contributed by atoms with van der Waals surface area (Å²) in [4.78, 5) is 0. The summed E-state index contributed by atoms with van der Waals surface area (Å²) < 4.78 is 10.5. The Hall–Kier alpha value is -1.48. The minimum atomic E-state index is -0.700. The van der Waals surface area contributed by atoms with Crippen LogP contribution in [0.4, 0.5) is 0 Å². The molecule has 3 heteroatoms. The maximum absolute atomic E-state index is 9.91. The molecule has 1 unspecified atom stereocenters. The predicted molar refractivity (Wildman–Crippen MR) is 62.7 cm³/mol. The van der Waals surface area contributed by atoms with E-state index in [2.05, 4.69) is 0 Å². The van der Waals surface area contributed by atoms with E-state index < -0.39 is 6.10 Å². The summed E-state index contributed by atoms with van der Waals surface area (Å²) in [5.41, 5.74) is 0.819. The first-order valence-electron chi connectivity index (χ1n) is 5.48. The largest absolute Gasteiger partial charge is 0.466 e. The fourth-order valence-electron chi connectivity index (χ4n) is 1.30. The number of aliphatic hydroxyl groups is 1. The van der Waals surface area contributed by atoms with E-state index in [9.17, 15) is 5.11 Å². The van der Waals surface area contributed by atoms with Crippen LogP contribution < -0.4 is 0 Å². The molecule has 0 saturated carbocycles. The van der Waals surface area contributed by atoms with Gasteiger partial charge in [-0.05, 0) is 19.4 Å². The number of ether oxygens (including phenoxy) is 2. The van der Waals surface area contributed by atoms with E-state index in [0.717, 1.165) is 5.56 Å². The van der Waals surface area contributed by atoms with Crippen LogP contribution in [0.5, 0.6) is 0 Å².